The normalized spacial score (nSPS) is 17.1. The molecule has 76 valence electrons. The Morgan fingerprint density at radius 1 is 1.36 bits per heavy atom. The molecule has 0 unspecified atom stereocenters. The molecule has 0 radical (unpaired) electrons. The first-order chi connectivity index (χ1) is 6.56. The van der Waals surface area contributed by atoms with E-state index in [9.17, 15) is 0 Å². The van der Waals surface area contributed by atoms with Gasteiger partial charge in [-0.1, -0.05) is 26.8 Å². The quantitative estimate of drug-likeness (QED) is 0.693. The van der Waals surface area contributed by atoms with Gasteiger partial charge in [-0.25, -0.2) is 0 Å². The Balaban J connectivity index is 2.23. The number of hydrogen-bond acceptors (Lipinski definition) is 1. The van der Waals surface area contributed by atoms with Crippen LogP contribution in [0.1, 0.15) is 50.8 Å². The van der Waals surface area contributed by atoms with Crippen LogP contribution in [0.15, 0.2) is 18.3 Å². The lowest BCUT2D eigenvalue weighted by molar-refractivity contribution is 0.404. The summed E-state index contributed by atoms with van der Waals surface area (Å²) in [5, 5.41) is 0. The van der Waals surface area contributed by atoms with E-state index >= 15 is 0 Å². The second-order valence-electron chi connectivity index (χ2n) is 5.55. The Morgan fingerprint density at radius 2 is 2.07 bits per heavy atom. The fraction of sp³-hybridized carbons (Fsp3) is 0.615. The lowest BCUT2D eigenvalue weighted by atomic mass is 9.88. The number of aromatic nitrogens is 1. The van der Waals surface area contributed by atoms with Gasteiger partial charge in [-0.15, -0.1) is 0 Å². The van der Waals surface area contributed by atoms with Crippen LogP contribution >= 0.6 is 0 Å². The highest BCUT2D eigenvalue weighted by Crippen LogP contribution is 2.42. The van der Waals surface area contributed by atoms with Crippen LogP contribution < -0.4 is 0 Å². The molecule has 2 rings (SSSR count). The second-order valence-corrected chi connectivity index (χ2v) is 5.55. The number of hydrogen-bond donors (Lipinski definition) is 0. The van der Waals surface area contributed by atoms with E-state index in [4.69, 9.17) is 0 Å². The molecule has 0 saturated heterocycles. The molecule has 1 saturated carbocycles. The first-order valence-corrected chi connectivity index (χ1v) is 5.50. The van der Waals surface area contributed by atoms with Gasteiger partial charge in [-0.2, -0.15) is 0 Å². The van der Waals surface area contributed by atoms with E-state index in [1.807, 2.05) is 6.20 Å². The molecule has 1 fully saturated rings. The summed E-state index contributed by atoms with van der Waals surface area (Å²) in [7, 11) is 0. The van der Waals surface area contributed by atoms with Gasteiger partial charge in [0.1, 0.15) is 0 Å². The zero-order chi connectivity index (χ0) is 10.2. The monoisotopic (exact) mass is 189 g/mol. The molecule has 1 aliphatic rings. The van der Waals surface area contributed by atoms with E-state index in [1.165, 1.54) is 24.1 Å². The molecule has 0 aromatic carbocycles. The van der Waals surface area contributed by atoms with E-state index in [0.29, 0.717) is 5.41 Å². The second kappa shape index (κ2) is 3.38. The van der Waals surface area contributed by atoms with Gasteiger partial charge in [0.2, 0.25) is 0 Å². The van der Waals surface area contributed by atoms with Crippen molar-refractivity contribution in [3.8, 4) is 0 Å². The van der Waals surface area contributed by atoms with Crippen LogP contribution in [0.3, 0.4) is 0 Å². The number of nitrogens with zero attached hydrogens (tertiary/aromatic N) is 1. The van der Waals surface area contributed by atoms with Gasteiger partial charge in [0, 0.05) is 11.9 Å². The fourth-order valence-electron chi connectivity index (χ4n) is 1.87. The van der Waals surface area contributed by atoms with Gasteiger partial charge in [0.25, 0.3) is 0 Å². The van der Waals surface area contributed by atoms with Crippen LogP contribution in [-0.2, 0) is 6.42 Å². The van der Waals surface area contributed by atoms with Crippen molar-refractivity contribution in [2.45, 2.75) is 46.0 Å². The van der Waals surface area contributed by atoms with Crippen molar-refractivity contribution in [1.82, 2.24) is 4.98 Å². The number of pyridine rings is 1. The van der Waals surface area contributed by atoms with Crippen LogP contribution in [0.4, 0.5) is 0 Å². The van der Waals surface area contributed by atoms with Crippen molar-refractivity contribution in [3.63, 3.8) is 0 Å². The van der Waals surface area contributed by atoms with Crippen LogP contribution in [0.5, 0.6) is 0 Å². The Morgan fingerprint density at radius 3 is 2.64 bits per heavy atom. The summed E-state index contributed by atoms with van der Waals surface area (Å²) in [4.78, 5) is 4.53. The van der Waals surface area contributed by atoms with Crippen molar-refractivity contribution in [2.24, 2.45) is 5.41 Å². The van der Waals surface area contributed by atoms with E-state index in [1.54, 1.807) is 0 Å². The fourth-order valence-corrected chi connectivity index (χ4v) is 1.87. The van der Waals surface area contributed by atoms with Crippen molar-refractivity contribution in [3.05, 3.63) is 29.6 Å². The van der Waals surface area contributed by atoms with Gasteiger partial charge in [-0.05, 0) is 42.2 Å². The summed E-state index contributed by atoms with van der Waals surface area (Å²) in [6, 6.07) is 4.32. The Labute approximate surface area is 86.6 Å². The Hall–Kier alpha value is -0.850. The summed E-state index contributed by atoms with van der Waals surface area (Å²) >= 11 is 0. The zero-order valence-electron chi connectivity index (χ0n) is 9.38. The summed E-state index contributed by atoms with van der Waals surface area (Å²) in [5.41, 5.74) is 3.17. The summed E-state index contributed by atoms with van der Waals surface area (Å²) in [5.74, 6) is 0.820. The van der Waals surface area contributed by atoms with Crippen LogP contribution in [-0.4, -0.2) is 4.98 Å². The molecule has 0 N–H and O–H groups in total. The average molecular weight is 189 g/mol. The lowest BCUT2D eigenvalue weighted by Gasteiger charge is -2.19. The summed E-state index contributed by atoms with van der Waals surface area (Å²) in [6.45, 7) is 6.83. The third-order valence-corrected chi connectivity index (χ3v) is 2.64. The predicted molar refractivity (Wildman–Crippen MR) is 59.4 cm³/mol. The zero-order valence-corrected chi connectivity index (χ0v) is 9.38. The molecule has 1 aromatic rings. The molecule has 0 aliphatic heterocycles. The average Bonchev–Trinajstić information content (AvgIpc) is 2.85. The van der Waals surface area contributed by atoms with Gasteiger partial charge in [0.05, 0.1) is 0 Å². The molecular weight excluding hydrogens is 170 g/mol. The predicted octanol–water partition coefficient (Wildman–Crippen LogP) is 3.55. The molecule has 1 aromatic heterocycles. The van der Waals surface area contributed by atoms with Crippen molar-refractivity contribution in [2.75, 3.05) is 0 Å². The first-order valence-electron chi connectivity index (χ1n) is 5.50. The lowest BCUT2D eigenvalue weighted by Crippen LogP contribution is -2.12. The van der Waals surface area contributed by atoms with Crippen molar-refractivity contribution in [1.29, 1.82) is 0 Å². The Bertz CT molecular complexity index is 318. The molecule has 1 aliphatic carbocycles. The van der Waals surface area contributed by atoms with Gasteiger partial charge in [0.15, 0.2) is 0 Å². The molecule has 1 nitrogen and oxygen atoms in total. The topological polar surface area (TPSA) is 12.9 Å². The summed E-state index contributed by atoms with van der Waals surface area (Å²) < 4.78 is 0. The van der Waals surface area contributed by atoms with Crippen LogP contribution in [0, 0.1) is 5.41 Å². The maximum atomic E-state index is 4.53. The Kier molecular flexibility index (Phi) is 2.34. The first kappa shape index (κ1) is 9.70. The highest BCUT2D eigenvalue weighted by atomic mass is 14.7. The van der Waals surface area contributed by atoms with Gasteiger partial charge >= 0.3 is 0 Å². The van der Waals surface area contributed by atoms with E-state index in [0.717, 1.165) is 12.3 Å². The SMILES string of the molecule is CC(C)(C)Cc1ncccc1C1CC1. The van der Waals surface area contributed by atoms with Crippen molar-refractivity contribution < 1.29 is 0 Å². The van der Waals surface area contributed by atoms with E-state index in [2.05, 4.69) is 37.9 Å². The highest BCUT2D eigenvalue weighted by molar-refractivity contribution is 5.28. The van der Waals surface area contributed by atoms with Crippen molar-refractivity contribution >= 4 is 0 Å². The molecule has 14 heavy (non-hydrogen) atoms. The molecular formula is C13H19N. The minimum atomic E-state index is 0.345. The molecule has 0 amide bonds. The third-order valence-electron chi connectivity index (χ3n) is 2.64. The maximum Gasteiger partial charge on any atom is 0.0443 e. The van der Waals surface area contributed by atoms with Gasteiger partial charge < -0.3 is 0 Å². The maximum absolute atomic E-state index is 4.53. The van der Waals surface area contributed by atoms with Gasteiger partial charge in [-0.3, -0.25) is 4.98 Å². The standard InChI is InChI=1S/C13H19N/c1-13(2,3)9-12-11(10-6-7-10)5-4-8-14-12/h4-5,8,10H,6-7,9H2,1-3H3. The molecule has 0 atom stereocenters. The molecule has 1 heteroatoms. The van der Waals surface area contributed by atoms with E-state index in [-0.39, 0.29) is 0 Å². The number of rotatable bonds is 2. The molecule has 1 heterocycles. The molecule has 0 spiro atoms. The largest absolute Gasteiger partial charge is 0.261 e. The van der Waals surface area contributed by atoms with Crippen LogP contribution in [0.2, 0.25) is 0 Å². The minimum absolute atomic E-state index is 0.345. The van der Waals surface area contributed by atoms with E-state index < -0.39 is 0 Å². The smallest absolute Gasteiger partial charge is 0.0443 e. The van der Waals surface area contributed by atoms with Crippen LogP contribution in [0.25, 0.3) is 0 Å². The highest BCUT2D eigenvalue weighted by Gasteiger charge is 2.27. The minimum Gasteiger partial charge on any atom is -0.261 e. The summed E-state index contributed by atoms with van der Waals surface area (Å²) in [6.07, 6.45) is 5.75. The molecule has 0 bridgehead atoms. The third kappa shape index (κ3) is 2.34.